The van der Waals surface area contributed by atoms with E-state index in [9.17, 15) is 4.79 Å². The molecule has 0 bridgehead atoms. The van der Waals surface area contributed by atoms with Crippen molar-refractivity contribution in [2.24, 2.45) is 5.92 Å². The lowest BCUT2D eigenvalue weighted by Crippen LogP contribution is -2.27. The van der Waals surface area contributed by atoms with Crippen molar-refractivity contribution in [3.63, 3.8) is 0 Å². The van der Waals surface area contributed by atoms with Crippen molar-refractivity contribution in [3.8, 4) is 6.07 Å². The van der Waals surface area contributed by atoms with Crippen LogP contribution in [0.15, 0.2) is 24.3 Å². The van der Waals surface area contributed by atoms with Crippen molar-refractivity contribution in [2.45, 2.75) is 20.4 Å². The highest BCUT2D eigenvalue weighted by molar-refractivity contribution is 5.77. The molecule has 0 aromatic heterocycles. The SMILES string of the molecule is CC(C)C(=O)NCc1ccc(C#N)cc1. The number of rotatable bonds is 3. The number of hydrogen-bond donors (Lipinski definition) is 1. The maximum atomic E-state index is 11.3. The number of amides is 1. The van der Waals surface area contributed by atoms with Crippen LogP contribution >= 0.6 is 0 Å². The summed E-state index contributed by atoms with van der Waals surface area (Å²) in [5.41, 5.74) is 1.64. The Morgan fingerprint density at radius 2 is 2.00 bits per heavy atom. The molecule has 0 aliphatic carbocycles. The van der Waals surface area contributed by atoms with Crippen molar-refractivity contribution in [1.29, 1.82) is 5.26 Å². The molecule has 0 atom stereocenters. The second-order valence-electron chi connectivity index (χ2n) is 3.68. The topological polar surface area (TPSA) is 52.9 Å². The van der Waals surface area contributed by atoms with Crippen LogP contribution in [0, 0.1) is 17.2 Å². The van der Waals surface area contributed by atoms with Gasteiger partial charge in [0.05, 0.1) is 11.6 Å². The predicted molar refractivity (Wildman–Crippen MR) is 57.8 cm³/mol. The molecular weight excluding hydrogens is 188 g/mol. The summed E-state index contributed by atoms with van der Waals surface area (Å²) < 4.78 is 0. The lowest BCUT2D eigenvalue weighted by atomic mass is 10.1. The molecule has 1 aromatic rings. The maximum absolute atomic E-state index is 11.3. The second-order valence-corrected chi connectivity index (χ2v) is 3.68. The van der Waals surface area contributed by atoms with Crippen LogP contribution in [-0.4, -0.2) is 5.91 Å². The van der Waals surface area contributed by atoms with Crippen LogP contribution in [0.2, 0.25) is 0 Å². The van der Waals surface area contributed by atoms with Gasteiger partial charge in [0.15, 0.2) is 0 Å². The molecule has 1 N–H and O–H groups in total. The lowest BCUT2D eigenvalue weighted by Gasteiger charge is -2.07. The fraction of sp³-hybridized carbons (Fsp3) is 0.333. The second kappa shape index (κ2) is 5.16. The molecule has 3 nitrogen and oxygen atoms in total. The van der Waals surface area contributed by atoms with E-state index < -0.39 is 0 Å². The van der Waals surface area contributed by atoms with E-state index in [4.69, 9.17) is 5.26 Å². The van der Waals surface area contributed by atoms with Gasteiger partial charge >= 0.3 is 0 Å². The molecule has 0 aliphatic rings. The van der Waals surface area contributed by atoms with Crippen LogP contribution in [0.1, 0.15) is 25.0 Å². The zero-order valence-corrected chi connectivity index (χ0v) is 8.95. The van der Waals surface area contributed by atoms with Gasteiger partial charge < -0.3 is 5.32 Å². The summed E-state index contributed by atoms with van der Waals surface area (Å²) in [6.45, 7) is 4.23. The van der Waals surface area contributed by atoms with Gasteiger partial charge in [-0.25, -0.2) is 0 Å². The summed E-state index contributed by atoms with van der Waals surface area (Å²) in [5.74, 6) is 0.0442. The van der Waals surface area contributed by atoms with Gasteiger partial charge in [-0.2, -0.15) is 5.26 Å². The van der Waals surface area contributed by atoms with E-state index in [1.54, 1.807) is 12.1 Å². The molecule has 0 heterocycles. The predicted octanol–water partition coefficient (Wildman–Crippen LogP) is 1.83. The quantitative estimate of drug-likeness (QED) is 0.813. The van der Waals surface area contributed by atoms with Crippen LogP contribution in [0.5, 0.6) is 0 Å². The average Bonchev–Trinajstić information content (AvgIpc) is 2.26. The molecule has 3 heteroatoms. The highest BCUT2D eigenvalue weighted by atomic mass is 16.1. The van der Waals surface area contributed by atoms with Crippen LogP contribution in [-0.2, 0) is 11.3 Å². The third kappa shape index (κ3) is 3.43. The van der Waals surface area contributed by atoms with Crippen LogP contribution < -0.4 is 5.32 Å². The number of nitrogens with zero attached hydrogens (tertiary/aromatic N) is 1. The van der Waals surface area contributed by atoms with E-state index in [2.05, 4.69) is 5.32 Å². The van der Waals surface area contributed by atoms with E-state index in [-0.39, 0.29) is 11.8 Å². The number of nitrogens with one attached hydrogen (secondary N) is 1. The molecule has 0 fully saturated rings. The molecule has 0 unspecified atom stereocenters. The summed E-state index contributed by atoms with van der Waals surface area (Å²) in [5, 5.41) is 11.4. The number of carbonyl (C=O) groups is 1. The Morgan fingerprint density at radius 3 is 2.47 bits per heavy atom. The number of carbonyl (C=O) groups excluding carboxylic acids is 1. The summed E-state index contributed by atoms with van der Waals surface area (Å²) >= 11 is 0. The molecule has 0 spiro atoms. The summed E-state index contributed by atoms with van der Waals surface area (Å²) in [4.78, 5) is 11.3. The molecule has 15 heavy (non-hydrogen) atoms. The molecular formula is C12H14N2O. The van der Waals surface area contributed by atoms with E-state index in [0.29, 0.717) is 12.1 Å². The van der Waals surface area contributed by atoms with E-state index in [0.717, 1.165) is 5.56 Å². The van der Waals surface area contributed by atoms with Crippen molar-refractivity contribution in [1.82, 2.24) is 5.32 Å². The Labute approximate surface area is 89.7 Å². The fourth-order valence-corrected chi connectivity index (χ4v) is 1.09. The van der Waals surface area contributed by atoms with Crippen molar-refractivity contribution in [2.75, 3.05) is 0 Å². The Hall–Kier alpha value is -1.82. The van der Waals surface area contributed by atoms with Crippen LogP contribution in [0.3, 0.4) is 0 Å². The van der Waals surface area contributed by atoms with E-state index in [1.165, 1.54) is 0 Å². The highest BCUT2D eigenvalue weighted by Crippen LogP contribution is 2.03. The van der Waals surface area contributed by atoms with Crippen LogP contribution in [0.25, 0.3) is 0 Å². The first kappa shape index (κ1) is 11.3. The zero-order valence-electron chi connectivity index (χ0n) is 8.95. The molecule has 0 saturated heterocycles. The first-order valence-corrected chi connectivity index (χ1v) is 4.90. The molecule has 1 amide bonds. The van der Waals surface area contributed by atoms with Gasteiger partial charge in [0, 0.05) is 12.5 Å². The number of benzene rings is 1. The fourth-order valence-electron chi connectivity index (χ4n) is 1.09. The Balaban J connectivity index is 2.52. The molecule has 0 aliphatic heterocycles. The lowest BCUT2D eigenvalue weighted by molar-refractivity contribution is -0.124. The molecule has 1 rings (SSSR count). The smallest absolute Gasteiger partial charge is 0.222 e. The first-order chi connectivity index (χ1) is 7.13. The zero-order chi connectivity index (χ0) is 11.3. The van der Waals surface area contributed by atoms with Gasteiger partial charge in [0.2, 0.25) is 5.91 Å². The van der Waals surface area contributed by atoms with Crippen molar-refractivity contribution in [3.05, 3.63) is 35.4 Å². The molecule has 0 radical (unpaired) electrons. The van der Waals surface area contributed by atoms with E-state index >= 15 is 0 Å². The van der Waals surface area contributed by atoms with Crippen LogP contribution in [0.4, 0.5) is 0 Å². The van der Waals surface area contributed by atoms with Gasteiger partial charge in [0.1, 0.15) is 0 Å². The van der Waals surface area contributed by atoms with Gasteiger partial charge in [-0.3, -0.25) is 4.79 Å². The van der Waals surface area contributed by atoms with Crippen molar-refractivity contribution < 1.29 is 4.79 Å². The van der Waals surface area contributed by atoms with E-state index in [1.807, 2.05) is 32.0 Å². The Morgan fingerprint density at radius 1 is 1.40 bits per heavy atom. The third-order valence-electron chi connectivity index (χ3n) is 2.07. The highest BCUT2D eigenvalue weighted by Gasteiger charge is 2.05. The summed E-state index contributed by atoms with van der Waals surface area (Å²) in [6.07, 6.45) is 0. The monoisotopic (exact) mass is 202 g/mol. The normalized spacial score (nSPS) is 9.73. The Bertz CT molecular complexity index is 374. The molecule has 78 valence electrons. The molecule has 0 saturated carbocycles. The minimum Gasteiger partial charge on any atom is -0.352 e. The minimum absolute atomic E-state index is 0.00313. The van der Waals surface area contributed by atoms with Gasteiger partial charge in [-0.05, 0) is 17.7 Å². The maximum Gasteiger partial charge on any atom is 0.222 e. The Kier molecular flexibility index (Phi) is 3.87. The minimum atomic E-state index is 0.00313. The van der Waals surface area contributed by atoms with Gasteiger partial charge in [-0.15, -0.1) is 0 Å². The summed E-state index contributed by atoms with van der Waals surface area (Å²) in [6, 6.07) is 9.24. The average molecular weight is 202 g/mol. The number of hydrogen-bond acceptors (Lipinski definition) is 2. The largest absolute Gasteiger partial charge is 0.352 e. The first-order valence-electron chi connectivity index (χ1n) is 4.90. The molecule has 1 aromatic carbocycles. The van der Waals surface area contributed by atoms with Gasteiger partial charge in [0.25, 0.3) is 0 Å². The number of nitriles is 1. The van der Waals surface area contributed by atoms with Gasteiger partial charge in [-0.1, -0.05) is 26.0 Å². The standard InChI is InChI=1S/C12H14N2O/c1-9(2)12(15)14-8-11-5-3-10(7-13)4-6-11/h3-6,9H,8H2,1-2H3,(H,14,15). The van der Waals surface area contributed by atoms with Crippen molar-refractivity contribution >= 4 is 5.91 Å². The summed E-state index contributed by atoms with van der Waals surface area (Å²) in [7, 11) is 0. The third-order valence-corrected chi connectivity index (χ3v) is 2.07.